The molecule has 0 aliphatic carbocycles. The monoisotopic (exact) mass is 339 g/mol. The molecule has 3 aromatic carbocycles. The van der Waals surface area contributed by atoms with E-state index in [1.165, 1.54) is 7.11 Å². The first-order valence-electron chi connectivity index (χ1n) is 7.41. The lowest BCUT2D eigenvalue weighted by Gasteiger charge is -2.12. The molecule has 0 heterocycles. The Hall–Kier alpha value is -2.79. The van der Waals surface area contributed by atoms with E-state index < -0.39 is 10.0 Å². The van der Waals surface area contributed by atoms with Crippen LogP contribution in [-0.2, 0) is 10.0 Å². The molecule has 3 rings (SSSR count). The van der Waals surface area contributed by atoms with Crippen molar-refractivity contribution in [3.8, 4) is 16.9 Å². The van der Waals surface area contributed by atoms with Crippen molar-refractivity contribution in [2.75, 3.05) is 11.8 Å². The molecule has 0 aromatic heterocycles. The van der Waals surface area contributed by atoms with Gasteiger partial charge in [0.15, 0.2) is 0 Å². The summed E-state index contributed by atoms with van der Waals surface area (Å²) in [6, 6.07) is 23.5. The van der Waals surface area contributed by atoms with Crippen LogP contribution >= 0.6 is 0 Å². The van der Waals surface area contributed by atoms with Crippen molar-refractivity contribution in [1.29, 1.82) is 0 Å². The smallest absolute Gasteiger partial charge is 0.262 e. The molecule has 0 fully saturated rings. The minimum absolute atomic E-state index is 0.202. The highest BCUT2D eigenvalue weighted by molar-refractivity contribution is 7.92. The summed E-state index contributed by atoms with van der Waals surface area (Å²) < 4.78 is 32.8. The quantitative estimate of drug-likeness (QED) is 0.759. The molecule has 3 aromatic rings. The molecule has 1 N–H and O–H groups in total. The van der Waals surface area contributed by atoms with Gasteiger partial charge in [-0.15, -0.1) is 0 Å². The Morgan fingerprint density at radius 1 is 0.750 bits per heavy atom. The lowest BCUT2D eigenvalue weighted by molar-refractivity contribution is 0.417. The maximum atomic E-state index is 12.6. The molecule has 24 heavy (non-hydrogen) atoms. The van der Waals surface area contributed by atoms with Crippen molar-refractivity contribution in [1.82, 2.24) is 0 Å². The van der Waals surface area contributed by atoms with Crippen molar-refractivity contribution in [2.24, 2.45) is 0 Å². The van der Waals surface area contributed by atoms with Crippen LogP contribution in [-0.4, -0.2) is 15.5 Å². The minimum atomic E-state index is -3.67. The summed E-state index contributed by atoms with van der Waals surface area (Å²) in [5, 5.41) is 0. The van der Waals surface area contributed by atoms with Gasteiger partial charge in [-0.25, -0.2) is 8.42 Å². The van der Waals surface area contributed by atoms with Gasteiger partial charge in [0.2, 0.25) is 0 Å². The number of hydrogen-bond donors (Lipinski definition) is 1. The summed E-state index contributed by atoms with van der Waals surface area (Å²) in [6.45, 7) is 0. The SMILES string of the molecule is COc1ccccc1NS(=O)(=O)c1ccc(-c2ccccc2)cc1. The molecule has 0 saturated heterocycles. The topological polar surface area (TPSA) is 55.4 Å². The Kier molecular flexibility index (Phi) is 4.53. The molecule has 5 heteroatoms. The summed E-state index contributed by atoms with van der Waals surface area (Å²) in [7, 11) is -2.17. The first-order valence-corrected chi connectivity index (χ1v) is 8.90. The third kappa shape index (κ3) is 3.41. The number of rotatable bonds is 5. The molecular formula is C19H17NO3S. The van der Waals surface area contributed by atoms with Gasteiger partial charge in [0.1, 0.15) is 5.75 Å². The van der Waals surface area contributed by atoms with Crippen molar-refractivity contribution in [3.05, 3.63) is 78.9 Å². The van der Waals surface area contributed by atoms with Crippen LogP contribution in [0, 0.1) is 0 Å². The molecule has 0 atom stereocenters. The van der Waals surface area contributed by atoms with Gasteiger partial charge in [-0.1, -0.05) is 54.6 Å². The van der Waals surface area contributed by atoms with Crippen molar-refractivity contribution >= 4 is 15.7 Å². The molecular weight excluding hydrogens is 322 g/mol. The Morgan fingerprint density at radius 3 is 2.00 bits per heavy atom. The molecule has 0 saturated carbocycles. The van der Waals surface area contributed by atoms with Gasteiger partial charge in [-0.3, -0.25) is 4.72 Å². The number of benzene rings is 3. The van der Waals surface area contributed by atoms with Crippen molar-refractivity contribution in [2.45, 2.75) is 4.90 Å². The lowest BCUT2D eigenvalue weighted by Crippen LogP contribution is -2.13. The molecule has 0 amide bonds. The molecule has 4 nitrogen and oxygen atoms in total. The normalized spacial score (nSPS) is 11.0. The molecule has 0 bridgehead atoms. The van der Waals surface area contributed by atoms with Gasteiger partial charge in [0.05, 0.1) is 17.7 Å². The predicted molar refractivity (Wildman–Crippen MR) is 95.7 cm³/mol. The van der Waals surface area contributed by atoms with E-state index in [0.717, 1.165) is 11.1 Å². The van der Waals surface area contributed by atoms with Gasteiger partial charge in [0.25, 0.3) is 10.0 Å². The van der Waals surface area contributed by atoms with E-state index >= 15 is 0 Å². The maximum absolute atomic E-state index is 12.6. The van der Waals surface area contributed by atoms with Gasteiger partial charge < -0.3 is 4.74 Å². The lowest BCUT2D eigenvalue weighted by atomic mass is 10.1. The fraction of sp³-hybridized carbons (Fsp3) is 0.0526. The summed E-state index contributed by atoms with van der Waals surface area (Å²) in [4.78, 5) is 0.202. The Bertz CT molecular complexity index is 920. The van der Waals surface area contributed by atoms with E-state index in [1.54, 1.807) is 48.5 Å². The van der Waals surface area contributed by atoms with E-state index in [9.17, 15) is 8.42 Å². The number of sulfonamides is 1. The average Bonchev–Trinajstić information content (AvgIpc) is 2.63. The number of hydrogen-bond acceptors (Lipinski definition) is 3. The van der Waals surface area contributed by atoms with Crippen LogP contribution in [0.4, 0.5) is 5.69 Å². The van der Waals surface area contributed by atoms with Crippen LogP contribution in [0.5, 0.6) is 5.75 Å². The molecule has 0 spiro atoms. The molecule has 0 aliphatic rings. The van der Waals surface area contributed by atoms with Crippen LogP contribution in [0.25, 0.3) is 11.1 Å². The minimum Gasteiger partial charge on any atom is -0.495 e. The summed E-state index contributed by atoms with van der Waals surface area (Å²) in [6.07, 6.45) is 0. The fourth-order valence-corrected chi connectivity index (χ4v) is 3.46. The second-order valence-electron chi connectivity index (χ2n) is 5.20. The highest BCUT2D eigenvalue weighted by Gasteiger charge is 2.16. The van der Waals surface area contributed by atoms with Crippen LogP contribution in [0.2, 0.25) is 0 Å². The van der Waals surface area contributed by atoms with E-state index in [2.05, 4.69) is 4.72 Å². The number of ether oxygens (including phenoxy) is 1. The number of anilines is 1. The van der Waals surface area contributed by atoms with Crippen molar-refractivity contribution < 1.29 is 13.2 Å². The predicted octanol–water partition coefficient (Wildman–Crippen LogP) is 4.16. The molecule has 0 aliphatic heterocycles. The van der Waals surface area contributed by atoms with E-state index in [4.69, 9.17) is 4.74 Å². The van der Waals surface area contributed by atoms with Crippen molar-refractivity contribution in [3.63, 3.8) is 0 Å². The summed E-state index contributed by atoms with van der Waals surface area (Å²) in [5.41, 5.74) is 2.41. The number of para-hydroxylation sites is 2. The number of methoxy groups -OCH3 is 1. The summed E-state index contributed by atoms with van der Waals surface area (Å²) >= 11 is 0. The highest BCUT2D eigenvalue weighted by Crippen LogP contribution is 2.27. The fourth-order valence-electron chi connectivity index (χ4n) is 2.39. The second-order valence-corrected chi connectivity index (χ2v) is 6.88. The summed E-state index contributed by atoms with van der Waals surface area (Å²) in [5.74, 6) is 0.474. The van der Waals surface area contributed by atoms with Crippen LogP contribution in [0.3, 0.4) is 0 Å². The largest absolute Gasteiger partial charge is 0.495 e. The van der Waals surface area contributed by atoms with Gasteiger partial charge in [-0.05, 0) is 35.4 Å². The Labute approximate surface area is 141 Å². The second kappa shape index (κ2) is 6.76. The standard InChI is InChI=1S/C19H17NO3S/c1-23-19-10-6-5-9-18(19)20-24(21,22)17-13-11-16(12-14-17)15-7-3-2-4-8-15/h2-14,20H,1H3. The van der Waals surface area contributed by atoms with Gasteiger partial charge in [0, 0.05) is 0 Å². The van der Waals surface area contributed by atoms with Crippen LogP contribution < -0.4 is 9.46 Å². The Balaban J connectivity index is 1.88. The third-order valence-electron chi connectivity index (χ3n) is 3.62. The zero-order valence-corrected chi connectivity index (χ0v) is 14.0. The highest BCUT2D eigenvalue weighted by atomic mass is 32.2. The Morgan fingerprint density at radius 2 is 1.33 bits per heavy atom. The number of nitrogens with one attached hydrogen (secondary N) is 1. The van der Waals surface area contributed by atoms with E-state index in [-0.39, 0.29) is 4.90 Å². The van der Waals surface area contributed by atoms with Crippen LogP contribution in [0.15, 0.2) is 83.8 Å². The van der Waals surface area contributed by atoms with E-state index in [1.807, 2.05) is 30.3 Å². The maximum Gasteiger partial charge on any atom is 0.262 e. The first-order chi connectivity index (χ1) is 11.6. The molecule has 0 unspecified atom stereocenters. The first kappa shape index (κ1) is 16.1. The third-order valence-corrected chi connectivity index (χ3v) is 5.00. The van der Waals surface area contributed by atoms with Gasteiger partial charge >= 0.3 is 0 Å². The van der Waals surface area contributed by atoms with E-state index in [0.29, 0.717) is 11.4 Å². The zero-order chi connectivity index (χ0) is 17.0. The zero-order valence-electron chi connectivity index (χ0n) is 13.1. The molecule has 122 valence electrons. The van der Waals surface area contributed by atoms with Gasteiger partial charge in [-0.2, -0.15) is 0 Å². The molecule has 0 radical (unpaired) electrons. The average molecular weight is 339 g/mol. The van der Waals surface area contributed by atoms with Crippen LogP contribution in [0.1, 0.15) is 0 Å².